The van der Waals surface area contributed by atoms with Gasteiger partial charge < -0.3 is 24.0 Å². The lowest BCUT2D eigenvalue weighted by atomic mass is 9.66. The molecule has 5 heteroatoms. The number of quaternary nitrogens is 1. The molecule has 24 heavy (non-hydrogen) atoms. The van der Waals surface area contributed by atoms with E-state index in [0.29, 0.717) is 18.8 Å². The number of nitrogens with zero attached hydrogens (tertiary/aromatic N) is 1. The minimum Gasteiger partial charge on any atom is -0.378 e. The van der Waals surface area contributed by atoms with Gasteiger partial charge in [0.05, 0.1) is 31.8 Å². The van der Waals surface area contributed by atoms with Gasteiger partial charge in [-0.3, -0.25) is 0 Å². The fourth-order valence-corrected chi connectivity index (χ4v) is 6.02. The van der Waals surface area contributed by atoms with Crippen LogP contribution in [-0.4, -0.2) is 76.4 Å². The summed E-state index contributed by atoms with van der Waals surface area (Å²) in [6.45, 7) is 3.00. The number of piperidine rings is 2. The van der Waals surface area contributed by atoms with Gasteiger partial charge in [0.1, 0.15) is 12.9 Å². The van der Waals surface area contributed by atoms with Crippen molar-refractivity contribution in [2.24, 2.45) is 11.8 Å². The lowest BCUT2D eigenvalue weighted by molar-refractivity contribution is -0.912. The summed E-state index contributed by atoms with van der Waals surface area (Å²) in [5.41, 5.74) is 0. The van der Waals surface area contributed by atoms with Gasteiger partial charge in [0.15, 0.2) is 0 Å². The molecule has 3 saturated heterocycles. The number of rotatable bonds is 3. The molecule has 0 radical (unpaired) electrons. The van der Waals surface area contributed by atoms with Gasteiger partial charge in [0.25, 0.3) is 0 Å². The molecule has 0 aromatic rings. The Balaban J connectivity index is 1.54. The third-order valence-corrected chi connectivity index (χ3v) is 7.42. The Kier molecular flexibility index (Phi) is 5.17. The number of fused-ring (bicyclic) bond motifs is 2. The van der Waals surface area contributed by atoms with Crippen LogP contribution in [0.15, 0.2) is 0 Å². The first-order valence-corrected chi connectivity index (χ1v) is 9.97. The summed E-state index contributed by atoms with van der Waals surface area (Å²) in [7, 11) is 6.59. The highest BCUT2D eigenvalue weighted by atomic mass is 16.7. The van der Waals surface area contributed by atoms with Crippen molar-refractivity contribution in [3.05, 3.63) is 0 Å². The summed E-state index contributed by atoms with van der Waals surface area (Å²) in [4.78, 5) is 4.35. The highest BCUT2D eigenvalue weighted by Crippen LogP contribution is 2.45. The summed E-state index contributed by atoms with van der Waals surface area (Å²) in [5, 5.41) is 0. The van der Waals surface area contributed by atoms with Crippen LogP contribution in [0.4, 0.5) is 0 Å². The smallest absolute Gasteiger partial charge is 0.147 e. The number of methoxy groups -OCH3 is 1. The summed E-state index contributed by atoms with van der Waals surface area (Å²) < 4.78 is 17.8. The second-order valence-corrected chi connectivity index (χ2v) is 8.59. The van der Waals surface area contributed by atoms with Crippen molar-refractivity contribution in [1.29, 1.82) is 0 Å². The molecule has 4 aliphatic rings. The molecule has 3 aliphatic heterocycles. The Morgan fingerprint density at radius 1 is 1.21 bits per heavy atom. The Morgan fingerprint density at radius 3 is 2.88 bits per heavy atom. The van der Waals surface area contributed by atoms with Crippen LogP contribution in [0.5, 0.6) is 0 Å². The second-order valence-electron chi connectivity index (χ2n) is 8.59. The molecule has 1 aliphatic carbocycles. The molecule has 0 aromatic carbocycles. The third kappa shape index (κ3) is 3.03. The van der Waals surface area contributed by atoms with E-state index in [1.807, 2.05) is 7.11 Å². The molecule has 0 bridgehead atoms. The minimum atomic E-state index is 0.140. The van der Waals surface area contributed by atoms with Gasteiger partial charge in [0, 0.05) is 25.5 Å². The van der Waals surface area contributed by atoms with Crippen LogP contribution in [0.1, 0.15) is 38.5 Å². The Labute approximate surface area is 146 Å². The van der Waals surface area contributed by atoms with E-state index in [2.05, 4.69) is 19.0 Å². The third-order valence-electron chi connectivity index (χ3n) is 7.42. The maximum Gasteiger partial charge on any atom is 0.147 e. The molecule has 5 nitrogen and oxygen atoms in total. The molecule has 138 valence electrons. The van der Waals surface area contributed by atoms with Crippen molar-refractivity contribution in [1.82, 2.24) is 4.90 Å². The van der Waals surface area contributed by atoms with Gasteiger partial charge in [-0.1, -0.05) is 0 Å². The fraction of sp³-hybridized carbons (Fsp3) is 1.00. The molecule has 8 unspecified atom stereocenters. The first kappa shape index (κ1) is 17.2. The Bertz CT molecular complexity index is 435. The van der Waals surface area contributed by atoms with Crippen molar-refractivity contribution in [2.75, 3.05) is 41.1 Å². The maximum atomic E-state index is 6.03. The molecular weight excluding hydrogens is 304 g/mol. The van der Waals surface area contributed by atoms with Crippen molar-refractivity contribution >= 4 is 0 Å². The van der Waals surface area contributed by atoms with E-state index in [1.165, 1.54) is 45.2 Å². The van der Waals surface area contributed by atoms with Crippen LogP contribution in [0.25, 0.3) is 0 Å². The van der Waals surface area contributed by atoms with Crippen LogP contribution in [-0.2, 0) is 14.2 Å². The molecule has 8 atom stereocenters. The first-order valence-electron chi connectivity index (χ1n) is 9.97. The summed E-state index contributed by atoms with van der Waals surface area (Å²) in [5.74, 6) is 1.31. The van der Waals surface area contributed by atoms with E-state index in [1.54, 1.807) is 4.90 Å². The van der Waals surface area contributed by atoms with E-state index in [0.717, 1.165) is 18.4 Å². The number of hydrogen-bond acceptors (Lipinski definition) is 4. The van der Waals surface area contributed by atoms with Crippen LogP contribution in [0.2, 0.25) is 0 Å². The average Bonchev–Trinajstić information content (AvgIpc) is 3.05. The number of likely N-dealkylation sites (tertiary alicyclic amines) is 2. The average molecular weight is 340 g/mol. The molecule has 4 rings (SSSR count). The number of ether oxygens (including phenoxy) is 3. The highest BCUT2D eigenvalue weighted by Gasteiger charge is 2.53. The summed E-state index contributed by atoms with van der Waals surface area (Å²) in [6, 6.07) is 1.43. The molecule has 0 spiro atoms. The predicted octanol–water partition coefficient (Wildman–Crippen LogP) is 0.540. The number of nitrogens with one attached hydrogen (secondary N) is 1. The van der Waals surface area contributed by atoms with Gasteiger partial charge in [0.2, 0.25) is 0 Å². The zero-order chi connectivity index (χ0) is 16.7. The van der Waals surface area contributed by atoms with E-state index in [4.69, 9.17) is 14.2 Å². The topological polar surface area (TPSA) is 35.4 Å². The van der Waals surface area contributed by atoms with E-state index < -0.39 is 0 Å². The van der Waals surface area contributed by atoms with Crippen molar-refractivity contribution < 1.29 is 19.1 Å². The molecule has 0 amide bonds. The first-order chi connectivity index (χ1) is 11.7. The van der Waals surface area contributed by atoms with E-state index >= 15 is 0 Å². The SMILES string of the molecule is COC1C2OCOC2CC2CCN(C)C(CC3CCCC[NH+]3C)C21. The second kappa shape index (κ2) is 7.20. The fourth-order valence-electron chi connectivity index (χ4n) is 6.02. The predicted molar refractivity (Wildman–Crippen MR) is 92.1 cm³/mol. The molecule has 1 N–H and O–H groups in total. The van der Waals surface area contributed by atoms with E-state index in [9.17, 15) is 0 Å². The lowest BCUT2D eigenvalue weighted by Gasteiger charge is -2.52. The van der Waals surface area contributed by atoms with Gasteiger partial charge in [-0.25, -0.2) is 0 Å². The van der Waals surface area contributed by atoms with Crippen molar-refractivity contribution in [2.45, 2.75) is 68.9 Å². The molecular formula is C19H35N2O3+. The maximum absolute atomic E-state index is 6.03. The van der Waals surface area contributed by atoms with Crippen molar-refractivity contribution in [3.63, 3.8) is 0 Å². The minimum absolute atomic E-state index is 0.140. The zero-order valence-electron chi connectivity index (χ0n) is 15.6. The zero-order valence-corrected chi connectivity index (χ0v) is 15.6. The molecule has 1 saturated carbocycles. The molecule has 4 fully saturated rings. The van der Waals surface area contributed by atoms with Crippen LogP contribution in [0, 0.1) is 11.8 Å². The Hall–Kier alpha value is -0.200. The quantitative estimate of drug-likeness (QED) is 0.814. The Morgan fingerprint density at radius 2 is 2.08 bits per heavy atom. The van der Waals surface area contributed by atoms with Gasteiger partial charge in [-0.2, -0.15) is 0 Å². The van der Waals surface area contributed by atoms with Gasteiger partial charge in [-0.15, -0.1) is 0 Å². The highest BCUT2D eigenvalue weighted by molar-refractivity contribution is 5.03. The summed E-state index contributed by atoms with van der Waals surface area (Å²) >= 11 is 0. The molecule has 3 heterocycles. The summed E-state index contributed by atoms with van der Waals surface area (Å²) in [6.07, 6.45) is 8.51. The lowest BCUT2D eigenvalue weighted by Crippen LogP contribution is -3.14. The monoisotopic (exact) mass is 339 g/mol. The van der Waals surface area contributed by atoms with Crippen LogP contribution < -0.4 is 4.90 Å². The van der Waals surface area contributed by atoms with Crippen LogP contribution >= 0.6 is 0 Å². The van der Waals surface area contributed by atoms with Gasteiger partial charge in [-0.05, 0) is 51.6 Å². The van der Waals surface area contributed by atoms with Gasteiger partial charge >= 0.3 is 0 Å². The van der Waals surface area contributed by atoms with Crippen LogP contribution in [0.3, 0.4) is 0 Å². The largest absolute Gasteiger partial charge is 0.378 e. The van der Waals surface area contributed by atoms with E-state index in [-0.39, 0.29) is 18.3 Å². The van der Waals surface area contributed by atoms with Crippen molar-refractivity contribution in [3.8, 4) is 0 Å². The standard InChI is InChI=1S/C19H34N2O3/c1-20-8-5-4-6-14(20)11-15-17-13(7-9-21(15)2)10-16-18(19(17)22-3)24-12-23-16/h13-19H,4-12H2,1-3H3/p+1. The molecule has 0 aromatic heterocycles. The normalized spacial score (nSPS) is 49.6. The number of hydrogen-bond donors (Lipinski definition) is 1.